The molecule has 0 heterocycles. The lowest BCUT2D eigenvalue weighted by molar-refractivity contribution is 0.607. The molecule has 2 heteroatoms. The van der Waals surface area contributed by atoms with Gasteiger partial charge in [0.15, 0.2) is 0 Å². The first-order chi connectivity index (χ1) is 7.19. The topological polar surface area (TPSA) is 29.3 Å². The number of benzene rings is 1. The summed E-state index contributed by atoms with van der Waals surface area (Å²) in [5.41, 5.74) is 8.22. The van der Waals surface area contributed by atoms with E-state index in [-0.39, 0.29) is 0 Å². The van der Waals surface area contributed by atoms with E-state index in [1.807, 2.05) is 0 Å². The highest BCUT2D eigenvalue weighted by Gasteiger charge is 2.11. The minimum Gasteiger partial charge on any atom is -0.369 e. The Morgan fingerprint density at radius 1 is 1.40 bits per heavy atom. The largest absolute Gasteiger partial charge is 0.369 e. The van der Waals surface area contributed by atoms with Crippen LogP contribution in [0, 0.1) is 6.92 Å². The maximum atomic E-state index is 5.60. The van der Waals surface area contributed by atoms with Crippen LogP contribution < -0.4 is 10.6 Å². The zero-order chi connectivity index (χ0) is 11.3. The fourth-order valence-electron chi connectivity index (χ4n) is 1.95. The van der Waals surface area contributed by atoms with E-state index >= 15 is 0 Å². The SMILES string of the molecule is CCN(c1cccc(C)c1)C(C)CCN. The Hall–Kier alpha value is -1.02. The molecule has 0 aromatic heterocycles. The molecule has 1 atom stereocenters. The minimum atomic E-state index is 0.516. The molecule has 0 fully saturated rings. The maximum absolute atomic E-state index is 5.60. The predicted octanol–water partition coefficient (Wildman–Crippen LogP) is 2.56. The molecule has 0 bridgehead atoms. The van der Waals surface area contributed by atoms with Crippen LogP contribution in [0.5, 0.6) is 0 Å². The monoisotopic (exact) mass is 206 g/mol. The summed E-state index contributed by atoms with van der Waals surface area (Å²) in [6, 6.07) is 9.16. The molecule has 1 unspecified atom stereocenters. The van der Waals surface area contributed by atoms with Gasteiger partial charge < -0.3 is 10.6 Å². The van der Waals surface area contributed by atoms with Crippen LogP contribution >= 0.6 is 0 Å². The van der Waals surface area contributed by atoms with Crippen molar-refractivity contribution < 1.29 is 0 Å². The summed E-state index contributed by atoms with van der Waals surface area (Å²) in [6.45, 7) is 8.34. The maximum Gasteiger partial charge on any atom is 0.0371 e. The first-order valence-electron chi connectivity index (χ1n) is 5.72. The lowest BCUT2D eigenvalue weighted by Crippen LogP contribution is -2.34. The summed E-state index contributed by atoms with van der Waals surface area (Å²) in [7, 11) is 0. The third-order valence-corrected chi connectivity index (χ3v) is 2.79. The Bertz CT molecular complexity index is 296. The van der Waals surface area contributed by atoms with Gasteiger partial charge in [0.25, 0.3) is 0 Å². The Balaban J connectivity index is 2.82. The first kappa shape index (κ1) is 12.1. The van der Waals surface area contributed by atoms with Gasteiger partial charge in [-0.25, -0.2) is 0 Å². The lowest BCUT2D eigenvalue weighted by atomic mass is 10.1. The van der Waals surface area contributed by atoms with E-state index in [2.05, 4.69) is 49.9 Å². The molecule has 2 nitrogen and oxygen atoms in total. The second-order valence-electron chi connectivity index (χ2n) is 4.05. The third-order valence-electron chi connectivity index (χ3n) is 2.79. The molecule has 0 radical (unpaired) electrons. The number of nitrogens with zero attached hydrogens (tertiary/aromatic N) is 1. The Labute approximate surface area is 93.1 Å². The molecule has 0 aliphatic carbocycles. The van der Waals surface area contributed by atoms with E-state index in [1.165, 1.54) is 11.3 Å². The van der Waals surface area contributed by atoms with Crippen LogP contribution in [0.3, 0.4) is 0 Å². The van der Waals surface area contributed by atoms with E-state index in [4.69, 9.17) is 5.73 Å². The van der Waals surface area contributed by atoms with Gasteiger partial charge in [0.2, 0.25) is 0 Å². The van der Waals surface area contributed by atoms with Gasteiger partial charge >= 0.3 is 0 Å². The fraction of sp³-hybridized carbons (Fsp3) is 0.538. The highest BCUT2D eigenvalue weighted by Crippen LogP contribution is 2.19. The van der Waals surface area contributed by atoms with Crippen molar-refractivity contribution in [2.24, 2.45) is 5.73 Å². The molecule has 0 spiro atoms. The Kier molecular flexibility index (Phi) is 4.63. The molecule has 2 N–H and O–H groups in total. The van der Waals surface area contributed by atoms with Crippen molar-refractivity contribution in [2.75, 3.05) is 18.0 Å². The van der Waals surface area contributed by atoms with Crippen LogP contribution in [0.15, 0.2) is 24.3 Å². The van der Waals surface area contributed by atoms with Gasteiger partial charge in [0.05, 0.1) is 0 Å². The van der Waals surface area contributed by atoms with Crippen LogP contribution in [0.1, 0.15) is 25.8 Å². The van der Waals surface area contributed by atoms with Crippen molar-refractivity contribution in [3.8, 4) is 0 Å². The Morgan fingerprint density at radius 3 is 2.67 bits per heavy atom. The predicted molar refractivity (Wildman–Crippen MR) is 67.3 cm³/mol. The first-order valence-corrected chi connectivity index (χ1v) is 5.72. The number of rotatable bonds is 5. The molecule has 1 rings (SSSR count). The second kappa shape index (κ2) is 5.76. The zero-order valence-electron chi connectivity index (χ0n) is 10.0. The van der Waals surface area contributed by atoms with Gasteiger partial charge in [0.1, 0.15) is 0 Å². The van der Waals surface area contributed by atoms with Crippen LogP contribution in [0.4, 0.5) is 5.69 Å². The van der Waals surface area contributed by atoms with Gasteiger partial charge in [0, 0.05) is 18.3 Å². The molecule has 1 aromatic carbocycles. The van der Waals surface area contributed by atoms with Gasteiger partial charge in [-0.05, 0) is 51.4 Å². The van der Waals surface area contributed by atoms with Crippen LogP contribution in [0.25, 0.3) is 0 Å². The molecular formula is C13H22N2. The number of hydrogen-bond acceptors (Lipinski definition) is 2. The van der Waals surface area contributed by atoms with Gasteiger partial charge in [-0.3, -0.25) is 0 Å². The smallest absolute Gasteiger partial charge is 0.0371 e. The highest BCUT2D eigenvalue weighted by molar-refractivity contribution is 5.49. The normalized spacial score (nSPS) is 12.5. The van der Waals surface area contributed by atoms with Gasteiger partial charge in [-0.2, -0.15) is 0 Å². The quantitative estimate of drug-likeness (QED) is 0.802. The van der Waals surface area contributed by atoms with Crippen molar-refractivity contribution >= 4 is 5.69 Å². The van der Waals surface area contributed by atoms with Crippen molar-refractivity contribution in [2.45, 2.75) is 33.2 Å². The van der Waals surface area contributed by atoms with Gasteiger partial charge in [-0.15, -0.1) is 0 Å². The van der Waals surface area contributed by atoms with E-state index < -0.39 is 0 Å². The summed E-state index contributed by atoms with van der Waals surface area (Å²) in [5.74, 6) is 0. The van der Waals surface area contributed by atoms with Crippen molar-refractivity contribution in [3.63, 3.8) is 0 Å². The van der Waals surface area contributed by atoms with Crippen LogP contribution in [-0.4, -0.2) is 19.1 Å². The third kappa shape index (κ3) is 3.24. The van der Waals surface area contributed by atoms with E-state index in [0.29, 0.717) is 6.04 Å². The standard InChI is InChI=1S/C13H22N2/c1-4-15(12(3)8-9-14)13-7-5-6-11(2)10-13/h5-7,10,12H,4,8-9,14H2,1-3H3. The fourth-order valence-corrected chi connectivity index (χ4v) is 1.95. The van der Waals surface area contributed by atoms with Crippen LogP contribution in [0.2, 0.25) is 0 Å². The number of aryl methyl sites for hydroxylation is 1. The van der Waals surface area contributed by atoms with E-state index in [1.54, 1.807) is 0 Å². The molecule has 0 aliphatic rings. The average molecular weight is 206 g/mol. The molecule has 84 valence electrons. The van der Waals surface area contributed by atoms with E-state index in [0.717, 1.165) is 19.5 Å². The van der Waals surface area contributed by atoms with Crippen molar-refractivity contribution in [1.29, 1.82) is 0 Å². The van der Waals surface area contributed by atoms with Crippen molar-refractivity contribution in [3.05, 3.63) is 29.8 Å². The highest BCUT2D eigenvalue weighted by atomic mass is 15.1. The molecular weight excluding hydrogens is 184 g/mol. The van der Waals surface area contributed by atoms with Crippen LogP contribution in [-0.2, 0) is 0 Å². The molecule has 0 saturated carbocycles. The second-order valence-corrected chi connectivity index (χ2v) is 4.05. The molecule has 0 amide bonds. The number of hydrogen-bond donors (Lipinski definition) is 1. The Morgan fingerprint density at radius 2 is 2.13 bits per heavy atom. The summed E-state index contributed by atoms with van der Waals surface area (Å²) < 4.78 is 0. The number of anilines is 1. The lowest BCUT2D eigenvalue weighted by Gasteiger charge is -2.30. The number of nitrogens with two attached hydrogens (primary N) is 1. The molecule has 1 aromatic rings. The average Bonchev–Trinajstić information content (AvgIpc) is 2.19. The molecule has 15 heavy (non-hydrogen) atoms. The minimum absolute atomic E-state index is 0.516. The molecule has 0 aliphatic heterocycles. The zero-order valence-corrected chi connectivity index (χ0v) is 10.0. The van der Waals surface area contributed by atoms with E-state index in [9.17, 15) is 0 Å². The summed E-state index contributed by atoms with van der Waals surface area (Å²) in [5, 5.41) is 0. The summed E-state index contributed by atoms with van der Waals surface area (Å²) in [4.78, 5) is 2.40. The van der Waals surface area contributed by atoms with Crippen molar-refractivity contribution in [1.82, 2.24) is 0 Å². The molecule has 0 saturated heterocycles. The summed E-state index contributed by atoms with van der Waals surface area (Å²) >= 11 is 0. The van der Waals surface area contributed by atoms with Gasteiger partial charge in [-0.1, -0.05) is 12.1 Å². The summed E-state index contributed by atoms with van der Waals surface area (Å²) in [6.07, 6.45) is 1.04.